The molecule has 0 bridgehead atoms. The molecule has 0 aliphatic rings. The van der Waals surface area contributed by atoms with Gasteiger partial charge in [-0.1, -0.05) is 12.1 Å². The average molecular weight is 457 g/mol. The van der Waals surface area contributed by atoms with E-state index in [1.165, 1.54) is 32.4 Å². The Balaban J connectivity index is 1.99. The number of benzene rings is 2. The molecule has 0 saturated carbocycles. The van der Waals surface area contributed by atoms with E-state index in [9.17, 15) is 18.2 Å². The number of para-hydroxylation sites is 1. The third kappa shape index (κ3) is 5.04. The SMILES string of the molecule is CNC(=O)c1ccc(F)c(Nc2ncc(C(N)=O)c(Nc3ccccc3S(=O)NC)n2)c1. The maximum Gasteiger partial charge on any atom is 0.254 e. The Kier molecular flexibility index (Phi) is 7.07. The summed E-state index contributed by atoms with van der Waals surface area (Å²) in [6.45, 7) is 0. The lowest BCUT2D eigenvalue weighted by atomic mass is 10.2. The third-order valence-electron chi connectivity index (χ3n) is 4.28. The highest BCUT2D eigenvalue weighted by atomic mass is 32.2. The molecule has 0 saturated heterocycles. The molecule has 10 nitrogen and oxygen atoms in total. The summed E-state index contributed by atoms with van der Waals surface area (Å²) in [6.07, 6.45) is 1.18. The van der Waals surface area contributed by atoms with Crippen LogP contribution >= 0.6 is 0 Å². The third-order valence-corrected chi connectivity index (χ3v) is 5.41. The van der Waals surface area contributed by atoms with Gasteiger partial charge in [0.1, 0.15) is 28.2 Å². The van der Waals surface area contributed by atoms with Crippen molar-refractivity contribution in [2.24, 2.45) is 5.73 Å². The monoisotopic (exact) mass is 457 g/mol. The van der Waals surface area contributed by atoms with Crippen LogP contribution in [-0.2, 0) is 11.0 Å². The zero-order valence-corrected chi connectivity index (χ0v) is 17.9. The molecular weight excluding hydrogens is 437 g/mol. The lowest BCUT2D eigenvalue weighted by Gasteiger charge is -2.14. The number of carbonyl (C=O) groups is 2. The van der Waals surface area contributed by atoms with Gasteiger partial charge in [-0.05, 0) is 37.4 Å². The second-order valence-corrected chi connectivity index (χ2v) is 7.70. The summed E-state index contributed by atoms with van der Waals surface area (Å²) < 4.78 is 29.2. The van der Waals surface area contributed by atoms with Gasteiger partial charge in [0.15, 0.2) is 0 Å². The van der Waals surface area contributed by atoms with E-state index >= 15 is 0 Å². The van der Waals surface area contributed by atoms with E-state index in [-0.39, 0.29) is 28.6 Å². The highest BCUT2D eigenvalue weighted by Crippen LogP contribution is 2.26. The van der Waals surface area contributed by atoms with Gasteiger partial charge in [0.05, 0.1) is 16.3 Å². The summed E-state index contributed by atoms with van der Waals surface area (Å²) in [5, 5.41) is 8.08. The van der Waals surface area contributed by atoms with Crippen LogP contribution in [0.5, 0.6) is 0 Å². The summed E-state index contributed by atoms with van der Waals surface area (Å²) in [6, 6.07) is 10.5. The highest BCUT2D eigenvalue weighted by molar-refractivity contribution is 7.83. The molecule has 2 amide bonds. The molecule has 12 heteroatoms. The van der Waals surface area contributed by atoms with Crippen LogP contribution in [0, 0.1) is 5.82 Å². The van der Waals surface area contributed by atoms with Crippen molar-refractivity contribution in [3.63, 3.8) is 0 Å². The predicted molar refractivity (Wildman–Crippen MR) is 119 cm³/mol. The summed E-state index contributed by atoms with van der Waals surface area (Å²) in [5.74, 6) is -1.85. The van der Waals surface area contributed by atoms with E-state index in [0.29, 0.717) is 10.6 Å². The van der Waals surface area contributed by atoms with Crippen molar-refractivity contribution in [1.29, 1.82) is 0 Å². The predicted octanol–water partition coefficient (Wildman–Crippen LogP) is 1.80. The number of nitrogens with zero attached hydrogens (tertiary/aromatic N) is 2. The van der Waals surface area contributed by atoms with Crippen molar-refractivity contribution in [3.05, 3.63) is 65.6 Å². The number of hydrogen-bond donors (Lipinski definition) is 5. The van der Waals surface area contributed by atoms with Gasteiger partial charge in [0, 0.05) is 18.8 Å². The topological polar surface area (TPSA) is 151 Å². The molecule has 0 aliphatic heterocycles. The molecule has 1 aromatic heterocycles. The lowest BCUT2D eigenvalue weighted by molar-refractivity contribution is 0.0961. The Morgan fingerprint density at radius 1 is 1.06 bits per heavy atom. The second kappa shape index (κ2) is 9.94. The van der Waals surface area contributed by atoms with Gasteiger partial charge >= 0.3 is 0 Å². The second-order valence-electron chi connectivity index (χ2n) is 6.31. The van der Waals surface area contributed by atoms with Gasteiger partial charge in [0.2, 0.25) is 5.95 Å². The van der Waals surface area contributed by atoms with E-state index in [0.717, 1.165) is 6.07 Å². The molecular formula is C20H20FN7O3S. The van der Waals surface area contributed by atoms with Crippen LogP contribution in [0.25, 0.3) is 0 Å². The number of aromatic nitrogens is 2. The standard InChI is InChI=1S/C20H20FN7O3S/c1-23-19(30)11-7-8-13(21)15(9-11)27-20-25-10-12(17(22)29)18(28-20)26-14-5-3-4-6-16(14)32(31)24-2/h3-10,24H,1-2H3,(H2,22,29)(H,23,30)(H2,25,26,27,28). The number of rotatable bonds is 8. The number of nitrogens with two attached hydrogens (primary N) is 1. The quantitative estimate of drug-likeness (QED) is 0.346. The van der Waals surface area contributed by atoms with Crippen molar-refractivity contribution in [2.45, 2.75) is 4.90 Å². The first-order valence-corrected chi connectivity index (χ1v) is 10.4. The van der Waals surface area contributed by atoms with Crippen molar-refractivity contribution in [2.75, 3.05) is 24.7 Å². The van der Waals surface area contributed by atoms with Gasteiger partial charge in [0.25, 0.3) is 11.8 Å². The molecule has 3 aromatic rings. The van der Waals surface area contributed by atoms with Crippen LogP contribution < -0.4 is 26.4 Å². The maximum atomic E-state index is 14.3. The molecule has 0 aliphatic carbocycles. The number of primary amides is 1. The number of amides is 2. The van der Waals surface area contributed by atoms with Crippen molar-refractivity contribution < 1.29 is 18.2 Å². The van der Waals surface area contributed by atoms with Crippen LogP contribution in [0.3, 0.4) is 0 Å². The van der Waals surface area contributed by atoms with Crippen molar-refractivity contribution in [1.82, 2.24) is 20.0 Å². The first kappa shape index (κ1) is 22.8. The summed E-state index contributed by atoms with van der Waals surface area (Å²) in [4.78, 5) is 32.4. The molecule has 166 valence electrons. The zero-order chi connectivity index (χ0) is 23.3. The molecule has 0 fully saturated rings. The summed E-state index contributed by atoms with van der Waals surface area (Å²) >= 11 is 0. The Labute approximate surface area is 185 Å². The fraction of sp³-hybridized carbons (Fsp3) is 0.100. The minimum absolute atomic E-state index is 0.0263. The van der Waals surface area contributed by atoms with Crippen LogP contribution in [0.2, 0.25) is 0 Å². The molecule has 2 aromatic carbocycles. The van der Waals surface area contributed by atoms with Gasteiger partial charge in [-0.25, -0.2) is 18.3 Å². The van der Waals surface area contributed by atoms with E-state index in [1.807, 2.05) is 0 Å². The molecule has 1 unspecified atom stereocenters. The summed E-state index contributed by atoms with van der Waals surface area (Å²) in [7, 11) is 1.48. The fourth-order valence-corrected chi connectivity index (χ4v) is 3.45. The minimum Gasteiger partial charge on any atom is -0.365 e. The minimum atomic E-state index is -1.52. The van der Waals surface area contributed by atoms with E-state index < -0.39 is 28.6 Å². The molecule has 1 heterocycles. The van der Waals surface area contributed by atoms with Gasteiger partial charge in [-0.2, -0.15) is 4.98 Å². The van der Waals surface area contributed by atoms with Crippen LogP contribution in [0.15, 0.2) is 53.6 Å². The summed E-state index contributed by atoms with van der Waals surface area (Å²) in [5.41, 5.74) is 6.01. The molecule has 3 rings (SSSR count). The Morgan fingerprint density at radius 2 is 1.81 bits per heavy atom. The molecule has 0 spiro atoms. The normalized spacial score (nSPS) is 11.5. The van der Waals surface area contributed by atoms with Crippen molar-refractivity contribution in [3.8, 4) is 0 Å². The Hall–Kier alpha value is -3.90. The van der Waals surface area contributed by atoms with E-state index in [4.69, 9.17) is 5.73 Å². The number of anilines is 4. The number of halogens is 1. The smallest absolute Gasteiger partial charge is 0.254 e. The average Bonchev–Trinajstić information content (AvgIpc) is 2.79. The number of hydrogen-bond acceptors (Lipinski definition) is 7. The van der Waals surface area contributed by atoms with E-state index in [1.54, 1.807) is 24.3 Å². The number of carbonyl (C=O) groups excluding carboxylic acids is 2. The Bertz CT molecular complexity index is 1210. The molecule has 0 radical (unpaired) electrons. The largest absolute Gasteiger partial charge is 0.365 e. The first-order chi connectivity index (χ1) is 15.3. The van der Waals surface area contributed by atoms with Gasteiger partial charge in [-0.3, -0.25) is 9.59 Å². The van der Waals surface area contributed by atoms with Crippen LogP contribution in [0.4, 0.5) is 27.5 Å². The molecule has 32 heavy (non-hydrogen) atoms. The van der Waals surface area contributed by atoms with Gasteiger partial charge in [-0.15, -0.1) is 0 Å². The van der Waals surface area contributed by atoms with Crippen molar-refractivity contribution >= 4 is 45.9 Å². The fourth-order valence-electron chi connectivity index (χ4n) is 2.71. The van der Waals surface area contributed by atoms with Gasteiger partial charge < -0.3 is 21.7 Å². The van der Waals surface area contributed by atoms with Crippen LogP contribution in [-0.4, -0.2) is 40.1 Å². The number of nitrogens with one attached hydrogen (secondary N) is 4. The highest BCUT2D eigenvalue weighted by Gasteiger charge is 2.17. The van der Waals surface area contributed by atoms with Crippen LogP contribution in [0.1, 0.15) is 20.7 Å². The zero-order valence-electron chi connectivity index (χ0n) is 17.1. The molecule has 6 N–H and O–H groups in total. The first-order valence-electron chi connectivity index (χ1n) is 9.24. The lowest BCUT2D eigenvalue weighted by Crippen LogP contribution is -2.18. The maximum absolute atomic E-state index is 14.3. The van der Waals surface area contributed by atoms with E-state index in [2.05, 4.69) is 30.6 Å². The Morgan fingerprint density at radius 3 is 2.50 bits per heavy atom. The molecule has 1 atom stereocenters.